The number of amides is 1. The predicted molar refractivity (Wildman–Crippen MR) is 144 cm³/mol. The van der Waals surface area contributed by atoms with Crippen molar-refractivity contribution in [3.8, 4) is 5.75 Å². The molecule has 0 radical (unpaired) electrons. The van der Waals surface area contributed by atoms with E-state index in [0.717, 1.165) is 60.3 Å². The molecule has 2 aromatic carbocycles. The number of nitrogens with zero attached hydrogens (tertiary/aromatic N) is 1. The number of nitrogens with one attached hydrogen (secondary N) is 1. The van der Waals surface area contributed by atoms with Gasteiger partial charge in [0.2, 0.25) is 0 Å². The van der Waals surface area contributed by atoms with Gasteiger partial charge in [-0.2, -0.15) is 0 Å². The topological polar surface area (TPSA) is 75.7 Å². The number of hydrogen-bond donors (Lipinski definition) is 1. The molecule has 0 bridgehead atoms. The molecule has 2 aliphatic carbocycles. The van der Waals surface area contributed by atoms with Crippen LogP contribution in [0.25, 0.3) is 0 Å². The van der Waals surface area contributed by atoms with E-state index >= 15 is 0 Å². The van der Waals surface area contributed by atoms with Crippen molar-refractivity contribution in [1.29, 1.82) is 0 Å². The summed E-state index contributed by atoms with van der Waals surface area (Å²) in [5.41, 5.74) is 4.97. The van der Waals surface area contributed by atoms with Gasteiger partial charge in [0.05, 0.1) is 10.0 Å². The Hall–Kier alpha value is -3.09. The highest BCUT2D eigenvalue weighted by Crippen LogP contribution is 2.49. The molecule has 0 aromatic heterocycles. The maximum absolute atomic E-state index is 13.3. The Morgan fingerprint density at radius 2 is 1.62 bits per heavy atom. The summed E-state index contributed by atoms with van der Waals surface area (Å²) in [4.78, 5) is 41.2. The minimum atomic E-state index is -0.401. The second-order valence-electron chi connectivity index (χ2n) is 9.49. The molecule has 0 saturated heterocycles. The number of halogens is 2. The van der Waals surface area contributed by atoms with Crippen molar-refractivity contribution in [2.45, 2.75) is 51.4 Å². The fraction of sp³-hybridized carbons (Fsp3) is 0.345. The maximum Gasteiger partial charge on any atom is 0.262 e. The first-order chi connectivity index (χ1) is 17.9. The van der Waals surface area contributed by atoms with Crippen LogP contribution in [0.2, 0.25) is 10.0 Å². The van der Waals surface area contributed by atoms with Gasteiger partial charge in [-0.05, 0) is 68.5 Å². The number of Topliss-reactive ketones (excluding diaryl/α,β-unsaturated/α-hetero) is 2. The van der Waals surface area contributed by atoms with Crippen LogP contribution in [0.4, 0.5) is 5.69 Å². The third-order valence-electron chi connectivity index (χ3n) is 7.17. The number of allylic oxidation sites excluding steroid dienone is 4. The van der Waals surface area contributed by atoms with Crippen LogP contribution in [-0.2, 0) is 14.4 Å². The van der Waals surface area contributed by atoms with E-state index in [1.165, 1.54) is 0 Å². The zero-order valence-corrected chi connectivity index (χ0v) is 22.1. The normalized spacial score (nSPS) is 18.1. The molecule has 2 aromatic rings. The van der Waals surface area contributed by atoms with E-state index in [0.29, 0.717) is 34.3 Å². The van der Waals surface area contributed by atoms with Crippen LogP contribution in [0, 0.1) is 0 Å². The Morgan fingerprint density at radius 3 is 2.24 bits per heavy atom. The summed E-state index contributed by atoms with van der Waals surface area (Å²) in [7, 11) is 0. The maximum atomic E-state index is 13.3. The molecule has 37 heavy (non-hydrogen) atoms. The molecule has 0 fully saturated rings. The van der Waals surface area contributed by atoms with Gasteiger partial charge >= 0.3 is 0 Å². The third-order valence-corrected chi connectivity index (χ3v) is 7.91. The van der Waals surface area contributed by atoms with E-state index in [-0.39, 0.29) is 24.1 Å². The van der Waals surface area contributed by atoms with E-state index in [2.05, 4.69) is 17.1 Å². The van der Waals surface area contributed by atoms with Gasteiger partial charge < -0.3 is 15.0 Å². The zero-order chi connectivity index (χ0) is 26.1. The molecule has 1 heterocycles. The van der Waals surface area contributed by atoms with Crippen LogP contribution in [0.3, 0.4) is 0 Å². The summed E-state index contributed by atoms with van der Waals surface area (Å²) in [5, 5.41) is 3.49. The lowest BCUT2D eigenvalue weighted by atomic mass is 9.71. The van der Waals surface area contributed by atoms with Crippen LogP contribution in [0.15, 0.2) is 65.0 Å². The molecular weight excluding hydrogens is 511 g/mol. The van der Waals surface area contributed by atoms with Gasteiger partial charge in [-0.1, -0.05) is 35.3 Å². The smallest absolute Gasteiger partial charge is 0.262 e. The number of carbonyl (C=O) groups excluding carboxylic acids is 3. The Bertz CT molecular complexity index is 1300. The summed E-state index contributed by atoms with van der Waals surface area (Å²) in [5.74, 6) is -0.0265. The number of ketones is 2. The number of ether oxygens (including phenoxy) is 1. The molecule has 0 spiro atoms. The number of carbonyl (C=O) groups is 3. The van der Waals surface area contributed by atoms with Crippen molar-refractivity contribution in [3.05, 3.63) is 80.6 Å². The fourth-order valence-corrected chi connectivity index (χ4v) is 5.93. The molecule has 0 saturated carbocycles. The molecule has 3 aliphatic rings. The first-order valence-corrected chi connectivity index (χ1v) is 13.4. The zero-order valence-electron chi connectivity index (χ0n) is 20.6. The van der Waals surface area contributed by atoms with Crippen molar-refractivity contribution < 1.29 is 19.1 Å². The lowest BCUT2D eigenvalue weighted by Crippen LogP contribution is -2.39. The summed E-state index contributed by atoms with van der Waals surface area (Å²) in [6.45, 7) is 2.60. The lowest BCUT2D eigenvalue weighted by molar-refractivity contribution is -0.118. The quantitative estimate of drug-likeness (QED) is 0.457. The molecule has 5 rings (SSSR count). The number of rotatable bonds is 6. The highest BCUT2D eigenvalue weighted by Gasteiger charge is 2.42. The Morgan fingerprint density at radius 1 is 0.946 bits per heavy atom. The number of benzene rings is 2. The van der Waals surface area contributed by atoms with Gasteiger partial charge in [-0.15, -0.1) is 0 Å². The first kappa shape index (κ1) is 25.6. The SMILES string of the molecule is CCN1C2=C(C(=O)CCC2)C(c2cccc(OCC(=O)Nc3ccc(Cl)c(Cl)c3)c2)C2=C1CCCC2=O. The summed E-state index contributed by atoms with van der Waals surface area (Å²) in [6, 6.07) is 12.2. The van der Waals surface area contributed by atoms with Crippen LogP contribution in [0.1, 0.15) is 56.9 Å². The standard InChI is InChI=1S/C29H28Cl2N2O4/c1-2-33-22-8-4-10-24(34)28(22)27(29-23(33)9-5-11-25(29)35)17-6-3-7-19(14-17)37-16-26(36)32-18-12-13-20(30)21(31)15-18/h3,6-7,12-15,27H,2,4-5,8-11,16H2,1H3,(H,32,36). The van der Waals surface area contributed by atoms with E-state index in [1.807, 2.05) is 18.2 Å². The fourth-order valence-electron chi connectivity index (χ4n) is 5.64. The van der Waals surface area contributed by atoms with Gasteiger partial charge in [-0.3, -0.25) is 14.4 Å². The minimum Gasteiger partial charge on any atom is -0.484 e. The van der Waals surface area contributed by atoms with E-state index < -0.39 is 5.92 Å². The highest BCUT2D eigenvalue weighted by atomic mass is 35.5. The molecule has 0 unspecified atom stereocenters. The number of anilines is 1. The number of hydrogen-bond acceptors (Lipinski definition) is 5. The van der Waals surface area contributed by atoms with E-state index in [4.69, 9.17) is 27.9 Å². The molecule has 8 heteroatoms. The molecule has 0 atom stereocenters. The monoisotopic (exact) mass is 538 g/mol. The van der Waals surface area contributed by atoms with Crippen molar-refractivity contribution in [2.24, 2.45) is 0 Å². The predicted octanol–water partition coefficient (Wildman–Crippen LogP) is 6.44. The second-order valence-corrected chi connectivity index (χ2v) is 10.3. The largest absolute Gasteiger partial charge is 0.484 e. The van der Waals surface area contributed by atoms with Crippen LogP contribution < -0.4 is 10.1 Å². The Kier molecular flexibility index (Phi) is 7.40. The highest BCUT2D eigenvalue weighted by molar-refractivity contribution is 6.42. The average molecular weight is 539 g/mol. The average Bonchev–Trinajstić information content (AvgIpc) is 2.89. The minimum absolute atomic E-state index is 0.113. The van der Waals surface area contributed by atoms with Gasteiger partial charge in [0.25, 0.3) is 5.91 Å². The van der Waals surface area contributed by atoms with Crippen molar-refractivity contribution in [1.82, 2.24) is 4.90 Å². The van der Waals surface area contributed by atoms with Crippen LogP contribution in [0.5, 0.6) is 5.75 Å². The molecule has 1 amide bonds. The third kappa shape index (κ3) is 5.05. The van der Waals surface area contributed by atoms with Crippen molar-refractivity contribution in [2.75, 3.05) is 18.5 Å². The van der Waals surface area contributed by atoms with Crippen LogP contribution in [-0.4, -0.2) is 35.5 Å². The molecule has 1 aliphatic heterocycles. The van der Waals surface area contributed by atoms with Gasteiger partial charge in [0.1, 0.15) is 5.75 Å². The molecule has 192 valence electrons. The van der Waals surface area contributed by atoms with Gasteiger partial charge in [0.15, 0.2) is 18.2 Å². The lowest BCUT2D eigenvalue weighted by Gasteiger charge is -2.43. The molecule has 6 nitrogen and oxygen atoms in total. The van der Waals surface area contributed by atoms with Crippen LogP contribution >= 0.6 is 23.2 Å². The Balaban J connectivity index is 1.42. The van der Waals surface area contributed by atoms with Gasteiger partial charge in [0, 0.05) is 53.5 Å². The van der Waals surface area contributed by atoms with E-state index in [1.54, 1.807) is 24.3 Å². The summed E-state index contributed by atoms with van der Waals surface area (Å²) >= 11 is 12.0. The molecular formula is C29H28Cl2N2O4. The Labute approximate surface area is 226 Å². The van der Waals surface area contributed by atoms with Crippen molar-refractivity contribution in [3.63, 3.8) is 0 Å². The first-order valence-electron chi connectivity index (χ1n) is 12.6. The molecule has 1 N–H and O–H groups in total. The van der Waals surface area contributed by atoms with Gasteiger partial charge in [-0.25, -0.2) is 0 Å². The van der Waals surface area contributed by atoms with Crippen molar-refractivity contribution >= 4 is 46.4 Å². The second kappa shape index (κ2) is 10.7. The summed E-state index contributed by atoms with van der Waals surface area (Å²) in [6.07, 6.45) is 4.32. The van der Waals surface area contributed by atoms with E-state index in [9.17, 15) is 14.4 Å². The summed E-state index contributed by atoms with van der Waals surface area (Å²) < 4.78 is 5.81.